The van der Waals surface area contributed by atoms with E-state index in [2.05, 4.69) is 10.1 Å². The summed E-state index contributed by atoms with van der Waals surface area (Å²) in [4.78, 5) is 15.0. The van der Waals surface area contributed by atoms with Crippen LogP contribution in [0.3, 0.4) is 0 Å². The third-order valence-electron chi connectivity index (χ3n) is 4.42. The van der Waals surface area contributed by atoms with Crippen LogP contribution in [-0.4, -0.2) is 15.1 Å². The Morgan fingerprint density at radius 3 is 2.69 bits per heavy atom. The van der Waals surface area contributed by atoms with Gasteiger partial charge in [-0.1, -0.05) is 47.6 Å². The monoisotopic (exact) mass is 387 g/mol. The summed E-state index contributed by atoms with van der Waals surface area (Å²) >= 11 is 0. The van der Waals surface area contributed by atoms with E-state index in [4.69, 9.17) is 9.26 Å². The molecule has 1 heterocycles. The lowest BCUT2D eigenvalue weighted by atomic mass is 10.1. The average molecular weight is 387 g/mol. The molecule has 0 saturated heterocycles. The number of aryl methyl sites for hydroxylation is 1. The number of benzene rings is 3. The molecule has 0 spiro atoms. The zero-order valence-corrected chi connectivity index (χ0v) is 15.6. The van der Waals surface area contributed by atoms with Gasteiger partial charge in [0.05, 0.1) is 4.92 Å². The van der Waals surface area contributed by atoms with E-state index in [9.17, 15) is 10.1 Å². The topological polar surface area (TPSA) is 91.3 Å². The van der Waals surface area contributed by atoms with E-state index in [0.717, 1.165) is 16.7 Å². The van der Waals surface area contributed by atoms with Crippen LogP contribution in [0.5, 0.6) is 5.75 Å². The molecule has 7 nitrogen and oxygen atoms in total. The highest BCUT2D eigenvalue weighted by Gasteiger charge is 2.13. The first-order chi connectivity index (χ1) is 14.1. The van der Waals surface area contributed by atoms with Gasteiger partial charge in [-0.3, -0.25) is 10.1 Å². The summed E-state index contributed by atoms with van der Waals surface area (Å²) in [6.07, 6.45) is 0. The van der Waals surface area contributed by atoms with Crippen molar-refractivity contribution in [2.45, 2.75) is 13.5 Å². The Bertz CT molecular complexity index is 1170. The molecule has 0 amide bonds. The minimum Gasteiger partial charge on any atom is -0.489 e. The Balaban J connectivity index is 1.52. The van der Waals surface area contributed by atoms with Gasteiger partial charge in [0.1, 0.15) is 12.4 Å². The molecule has 0 unspecified atom stereocenters. The maximum Gasteiger partial charge on any atom is 0.269 e. The number of non-ortho nitro benzene ring substituents is 1. The molecule has 0 N–H and O–H groups in total. The van der Waals surface area contributed by atoms with E-state index < -0.39 is 4.92 Å². The molecule has 3 aromatic carbocycles. The van der Waals surface area contributed by atoms with Crippen LogP contribution in [0, 0.1) is 17.0 Å². The molecule has 7 heteroatoms. The number of nitrogens with zero attached hydrogens (tertiary/aromatic N) is 3. The van der Waals surface area contributed by atoms with Crippen molar-refractivity contribution in [2.75, 3.05) is 0 Å². The van der Waals surface area contributed by atoms with Crippen molar-refractivity contribution in [3.05, 3.63) is 94.0 Å². The van der Waals surface area contributed by atoms with E-state index in [-0.39, 0.29) is 12.3 Å². The van der Waals surface area contributed by atoms with Crippen molar-refractivity contribution in [3.63, 3.8) is 0 Å². The minimum atomic E-state index is -0.424. The van der Waals surface area contributed by atoms with Gasteiger partial charge >= 0.3 is 0 Å². The second-order valence-corrected chi connectivity index (χ2v) is 6.48. The third kappa shape index (κ3) is 4.14. The lowest BCUT2D eigenvalue weighted by Gasteiger charge is -2.07. The van der Waals surface area contributed by atoms with Crippen LogP contribution in [0.4, 0.5) is 5.69 Å². The zero-order valence-electron chi connectivity index (χ0n) is 15.6. The predicted octanol–water partition coefficient (Wildman–Crippen LogP) is 5.20. The molecule has 0 aliphatic rings. The first-order valence-electron chi connectivity index (χ1n) is 8.96. The smallest absolute Gasteiger partial charge is 0.269 e. The van der Waals surface area contributed by atoms with E-state index in [1.54, 1.807) is 12.1 Å². The second kappa shape index (κ2) is 7.93. The van der Waals surface area contributed by atoms with Crippen LogP contribution < -0.4 is 4.74 Å². The fraction of sp³-hybridized carbons (Fsp3) is 0.0909. The lowest BCUT2D eigenvalue weighted by Crippen LogP contribution is -1.97. The molecule has 0 saturated carbocycles. The minimum absolute atomic E-state index is 0.0374. The SMILES string of the molecule is Cc1ccccc1-c1nc(-c2cccc(OCc3cccc([N+](=O)[O-])c3)c2)no1. The maximum absolute atomic E-state index is 10.9. The van der Waals surface area contributed by atoms with Crippen molar-refractivity contribution in [1.82, 2.24) is 10.1 Å². The Morgan fingerprint density at radius 1 is 1.03 bits per heavy atom. The Hall–Kier alpha value is -4.00. The van der Waals surface area contributed by atoms with E-state index in [0.29, 0.717) is 23.0 Å². The molecule has 0 atom stereocenters. The van der Waals surface area contributed by atoms with Crippen molar-refractivity contribution >= 4 is 5.69 Å². The lowest BCUT2D eigenvalue weighted by molar-refractivity contribution is -0.384. The molecule has 144 valence electrons. The molecule has 0 fully saturated rings. The fourth-order valence-corrected chi connectivity index (χ4v) is 2.91. The highest BCUT2D eigenvalue weighted by molar-refractivity contribution is 5.63. The van der Waals surface area contributed by atoms with Crippen LogP contribution in [0.1, 0.15) is 11.1 Å². The van der Waals surface area contributed by atoms with E-state index in [1.807, 2.05) is 55.5 Å². The number of hydrogen-bond acceptors (Lipinski definition) is 6. The normalized spacial score (nSPS) is 10.7. The van der Waals surface area contributed by atoms with Crippen molar-refractivity contribution < 1.29 is 14.2 Å². The molecule has 4 aromatic rings. The first kappa shape index (κ1) is 18.4. The van der Waals surface area contributed by atoms with Crippen LogP contribution in [-0.2, 0) is 6.61 Å². The summed E-state index contributed by atoms with van der Waals surface area (Å²) in [5, 5.41) is 15.0. The van der Waals surface area contributed by atoms with Crippen LogP contribution in [0.15, 0.2) is 77.3 Å². The molecule has 1 aromatic heterocycles. The van der Waals surface area contributed by atoms with Crippen LogP contribution in [0.2, 0.25) is 0 Å². The predicted molar refractivity (Wildman–Crippen MR) is 107 cm³/mol. The summed E-state index contributed by atoms with van der Waals surface area (Å²) in [5.74, 6) is 1.53. The Kier molecular flexibility index (Phi) is 5.03. The molecular weight excluding hydrogens is 370 g/mol. The van der Waals surface area contributed by atoms with Gasteiger partial charge in [0.2, 0.25) is 5.82 Å². The van der Waals surface area contributed by atoms with Gasteiger partial charge in [-0.15, -0.1) is 0 Å². The number of aromatic nitrogens is 2. The summed E-state index contributed by atoms with van der Waals surface area (Å²) in [5.41, 5.74) is 3.45. The average Bonchev–Trinajstić information content (AvgIpc) is 3.23. The van der Waals surface area contributed by atoms with Gasteiger partial charge in [-0.2, -0.15) is 4.98 Å². The van der Waals surface area contributed by atoms with Gasteiger partial charge in [0, 0.05) is 23.3 Å². The third-order valence-corrected chi connectivity index (χ3v) is 4.42. The number of rotatable bonds is 6. The zero-order chi connectivity index (χ0) is 20.2. The number of nitro benzene ring substituents is 1. The van der Waals surface area contributed by atoms with E-state index in [1.165, 1.54) is 12.1 Å². The first-order valence-corrected chi connectivity index (χ1v) is 8.96. The van der Waals surface area contributed by atoms with Crippen molar-refractivity contribution in [2.24, 2.45) is 0 Å². The number of hydrogen-bond donors (Lipinski definition) is 0. The van der Waals surface area contributed by atoms with Gasteiger partial charge < -0.3 is 9.26 Å². The molecule has 29 heavy (non-hydrogen) atoms. The van der Waals surface area contributed by atoms with E-state index >= 15 is 0 Å². The van der Waals surface area contributed by atoms with Crippen LogP contribution in [0.25, 0.3) is 22.8 Å². The largest absolute Gasteiger partial charge is 0.489 e. The van der Waals surface area contributed by atoms with Crippen molar-refractivity contribution in [1.29, 1.82) is 0 Å². The van der Waals surface area contributed by atoms with Crippen molar-refractivity contribution in [3.8, 4) is 28.6 Å². The summed E-state index contributed by atoms with van der Waals surface area (Å²) in [7, 11) is 0. The Morgan fingerprint density at radius 2 is 1.86 bits per heavy atom. The molecule has 0 aliphatic carbocycles. The quantitative estimate of drug-likeness (QED) is 0.334. The van der Waals surface area contributed by atoms with Gasteiger partial charge in [-0.25, -0.2) is 0 Å². The summed E-state index contributed by atoms with van der Waals surface area (Å²) < 4.78 is 11.2. The van der Waals surface area contributed by atoms with Gasteiger partial charge in [-0.05, 0) is 36.2 Å². The maximum atomic E-state index is 10.9. The molecule has 0 aliphatic heterocycles. The highest BCUT2D eigenvalue weighted by Crippen LogP contribution is 2.27. The number of nitro groups is 1. The van der Waals surface area contributed by atoms with Gasteiger partial charge in [0.15, 0.2) is 0 Å². The molecule has 4 rings (SSSR count). The highest BCUT2D eigenvalue weighted by atomic mass is 16.6. The molecule has 0 bridgehead atoms. The number of ether oxygens (including phenoxy) is 1. The Labute approximate surface area is 166 Å². The molecule has 0 radical (unpaired) electrons. The van der Waals surface area contributed by atoms with Gasteiger partial charge in [0.25, 0.3) is 11.6 Å². The second-order valence-electron chi connectivity index (χ2n) is 6.48. The summed E-state index contributed by atoms with van der Waals surface area (Å²) in [6, 6.07) is 21.5. The fourth-order valence-electron chi connectivity index (χ4n) is 2.91. The molecular formula is C22H17N3O4. The summed E-state index contributed by atoms with van der Waals surface area (Å²) in [6.45, 7) is 2.20. The standard InChI is InChI=1S/C22H17N3O4/c1-15-6-2-3-11-20(15)22-23-21(24-29-22)17-8-5-10-19(13-17)28-14-16-7-4-9-18(12-16)25(26)27/h2-13H,14H2,1H3. The van der Waals surface area contributed by atoms with Crippen LogP contribution >= 0.6 is 0 Å².